The van der Waals surface area contributed by atoms with E-state index in [0.29, 0.717) is 21.3 Å². The second-order valence-corrected chi connectivity index (χ2v) is 5.47. The van der Waals surface area contributed by atoms with Gasteiger partial charge in [-0.2, -0.15) is 0 Å². The molecule has 2 N–H and O–H groups in total. The Bertz CT molecular complexity index is 758. The van der Waals surface area contributed by atoms with E-state index >= 15 is 0 Å². The molecule has 3 rings (SSSR count). The van der Waals surface area contributed by atoms with Gasteiger partial charge in [0.05, 0.1) is 0 Å². The molecule has 0 aliphatic carbocycles. The minimum Gasteiger partial charge on any atom is -0.351 e. The van der Waals surface area contributed by atoms with Crippen LogP contribution in [0.3, 0.4) is 0 Å². The molecule has 0 aliphatic heterocycles. The summed E-state index contributed by atoms with van der Waals surface area (Å²) in [5.41, 5.74) is 2.16. The number of benzene rings is 2. The van der Waals surface area contributed by atoms with Crippen molar-refractivity contribution < 1.29 is 4.79 Å². The van der Waals surface area contributed by atoms with Crippen molar-refractivity contribution in [2.45, 2.75) is 6.54 Å². The summed E-state index contributed by atoms with van der Waals surface area (Å²) in [4.78, 5) is 15.3. The van der Waals surface area contributed by atoms with Crippen LogP contribution in [0.25, 0.3) is 10.9 Å². The van der Waals surface area contributed by atoms with E-state index < -0.39 is 0 Å². The number of H-pyrrole nitrogens is 1. The Morgan fingerprint density at radius 1 is 1.05 bits per heavy atom. The molecule has 0 radical (unpaired) electrons. The maximum atomic E-state index is 12.2. The normalized spacial score (nSPS) is 10.8. The van der Waals surface area contributed by atoms with E-state index in [4.69, 9.17) is 23.2 Å². The number of rotatable bonds is 3. The molecule has 0 atom stereocenters. The van der Waals surface area contributed by atoms with Crippen molar-refractivity contribution in [2.75, 3.05) is 0 Å². The number of aromatic amines is 1. The van der Waals surface area contributed by atoms with Crippen LogP contribution >= 0.6 is 23.2 Å². The van der Waals surface area contributed by atoms with Crippen LogP contribution in [-0.4, -0.2) is 10.9 Å². The second kappa shape index (κ2) is 5.80. The van der Waals surface area contributed by atoms with Gasteiger partial charge >= 0.3 is 0 Å². The van der Waals surface area contributed by atoms with E-state index in [1.54, 1.807) is 18.2 Å². The van der Waals surface area contributed by atoms with E-state index in [1.807, 2.05) is 30.3 Å². The molecule has 2 aromatic carbocycles. The zero-order chi connectivity index (χ0) is 14.8. The Hall–Kier alpha value is -1.97. The standard InChI is InChI=1S/C16H12Cl2N2O/c17-12-5-3-6-13(18)11(12)9-19-16(21)15-8-10-4-1-2-7-14(10)20-15/h1-8,20H,9H2,(H,19,21). The molecule has 1 amide bonds. The van der Waals surface area contributed by atoms with Crippen molar-refractivity contribution in [1.29, 1.82) is 0 Å². The van der Waals surface area contributed by atoms with Gasteiger partial charge in [-0.1, -0.05) is 47.5 Å². The van der Waals surface area contributed by atoms with Crippen molar-refractivity contribution in [1.82, 2.24) is 10.3 Å². The van der Waals surface area contributed by atoms with Crippen LogP contribution in [0.4, 0.5) is 0 Å². The van der Waals surface area contributed by atoms with Gasteiger partial charge in [-0.05, 0) is 24.3 Å². The Balaban J connectivity index is 1.77. The molecule has 0 unspecified atom stereocenters. The fourth-order valence-electron chi connectivity index (χ4n) is 2.16. The first kappa shape index (κ1) is 14.0. The minimum absolute atomic E-state index is 0.192. The third kappa shape index (κ3) is 2.89. The Morgan fingerprint density at radius 3 is 2.48 bits per heavy atom. The van der Waals surface area contributed by atoms with Crippen LogP contribution in [0.2, 0.25) is 10.0 Å². The Kier molecular flexibility index (Phi) is 3.86. The van der Waals surface area contributed by atoms with Gasteiger partial charge in [0.25, 0.3) is 5.91 Å². The number of hydrogen-bond donors (Lipinski definition) is 2. The summed E-state index contributed by atoms with van der Waals surface area (Å²) < 4.78 is 0. The molecular formula is C16H12Cl2N2O. The third-order valence-electron chi connectivity index (χ3n) is 3.26. The highest BCUT2D eigenvalue weighted by Crippen LogP contribution is 2.24. The van der Waals surface area contributed by atoms with Gasteiger partial charge in [-0.3, -0.25) is 4.79 Å². The lowest BCUT2D eigenvalue weighted by molar-refractivity contribution is 0.0947. The molecule has 21 heavy (non-hydrogen) atoms. The first-order valence-electron chi connectivity index (χ1n) is 6.44. The highest BCUT2D eigenvalue weighted by Gasteiger charge is 2.11. The maximum Gasteiger partial charge on any atom is 0.267 e. The predicted molar refractivity (Wildman–Crippen MR) is 85.9 cm³/mol. The number of carbonyl (C=O) groups is 1. The average Bonchev–Trinajstić information content (AvgIpc) is 2.90. The smallest absolute Gasteiger partial charge is 0.267 e. The van der Waals surface area contributed by atoms with Gasteiger partial charge in [0.1, 0.15) is 5.69 Å². The molecule has 106 valence electrons. The molecule has 3 aromatic rings. The number of amides is 1. The lowest BCUT2D eigenvalue weighted by atomic mass is 10.2. The zero-order valence-corrected chi connectivity index (χ0v) is 12.5. The van der Waals surface area contributed by atoms with Gasteiger partial charge in [0.15, 0.2) is 0 Å². The Labute approximate surface area is 131 Å². The average molecular weight is 319 g/mol. The molecule has 0 bridgehead atoms. The van der Waals surface area contributed by atoms with Crippen LogP contribution in [0, 0.1) is 0 Å². The van der Waals surface area contributed by atoms with Gasteiger partial charge in [-0.15, -0.1) is 0 Å². The molecule has 0 saturated carbocycles. The number of aromatic nitrogens is 1. The summed E-state index contributed by atoms with van der Waals surface area (Å²) in [5.74, 6) is -0.192. The first-order valence-corrected chi connectivity index (χ1v) is 7.19. The fourth-order valence-corrected chi connectivity index (χ4v) is 2.69. The number of fused-ring (bicyclic) bond motifs is 1. The Morgan fingerprint density at radius 2 is 1.76 bits per heavy atom. The van der Waals surface area contributed by atoms with Crippen molar-refractivity contribution in [3.63, 3.8) is 0 Å². The highest BCUT2D eigenvalue weighted by atomic mass is 35.5. The monoisotopic (exact) mass is 318 g/mol. The molecule has 5 heteroatoms. The molecule has 1 aromatic heterocycles. The number of hydrogen-bond acceptors (Lipinski definition) is 1. The number of nitrogens with one attached hydrogen (secondary N) is 2. The van der Waals surface area contributed by atoms with Gasteiger partial charge in [0, 0.05) is 33.1 Å². The lowest BCUT2D eigenvalue weighted by Crippen LogP contribution is -2.23. The summed E-state index contributed by atoms with van der Waals surface area (Å²) in [6.45, 7) is 0.284. The number of para-hydroxylation sites is 1. The summed E-state index contributed by atoms with van der Waals surface area (Å²) >= 11 is 12.2. The van der Waals surface area contributed by atoms with Crippen molar-refractivity contribution in [3.8, 4) is 0 Å². The summed E-state index contributed by atoms with van der Waals surface area (Å²) in [6.07, 6.45) is 0. The molecule has 1 heterocycles. The lowest BCUT2D eigenvalue weighted by Gasteiger charge is -2.08. The molecule has 0 aliphatic rings. The second-order valence-electron chi connectivity index (χ2n) is 4.65. The van der Waals surface area contributed by atoms with Crippen LogP contribution in [-0.2, 0) is 6.54 Å². The van der Waals surface area contributed by atoms with E-state index in [1.165, 1.54) is 0 Å². The quantitative estimate of drug-likeness (QED) is 0.738. The fraction of sp³-hybridized carbons (Fsp3) is 0.0625. The van der Waals surface area contributed by atoms with Crippen LogP contribution in [0.1, 0.15) is 16.1 Å². The van der Waals surface area contributed by atoms with Crippen molar-refractivity contribution >= 4 is 40.0 Å². The van der Waals surface area contributed by atoms with E-state index in [-0.39, 0.29) is 12.5 Å². The van der Waals surface area contributed by atoms with Gasteiger partial charge < -0.3 is 10.3 Å². The molecule has 0 fully saturated rings. The van der Waals surface area contributed by atoms with Crippen LogP contribution in [0.15, 0.2) is 48.5 Å². The molecule has 0 saturated heterocycles. The topological polar surface area (TPSA) is 44.9 Å². The minimum atomic E-state index is -0.192. The van der Waals surface area contributed by atoms with Crippen LogP contribution < -0.4 is 5.32 Å². The number of carbonyl (C=O) groups excluding carboxylic acids is 1. The largest absolute Gasteiger partial charge is 0.351 e. The highest BCUT2D eigenvalue weighted by molar-refractivity contribution is 6.36. The molecular weight excluding hydrogens is 307 g/mol. The van der Waals surface area contributed by atoms with Crippen molar-refractivity contribution in [2.24, 2.45) is 0 Å². The maximum absolute atomic E-state index is 12.2. The van der Waals surface area contributed by atoms with Crippen LogP contribution in [0.5, 0.6) is 0 Å². The SMILES string of the molecule is O=C(NCc1c(Cl)cccc1Cl)c1cc2ccccc2[nH]1. The number of halogens is 2. The summed E-state index contributed by atoms with van der Waals surface area (Å²) in [6, 6.07) is 14.8. The third-order valence-corrected chi connectivity index (χ3v) is 3.97. The van der Waals surface area contributed by atoms with E-state index in [0.717, 1.165) is 10.9 Å². The zero-order valence-electron chi connectivity index (χ0n) is 11.0. The predicted octanol–water partition coefficient (Wildman–Crippen LogP) is 4.40. The summed E-state index contributed by atoms with van der Waals surface area (Å²) in [7, 11) is 0. The van der Waals surface area contributed by atoms with Crippen molar-refractivity contribution in [3.05, 3.63) is 69.8 Å². The van der Waals surface area contributed by atoms with Gasteiger partial charge in [0.2, 0.25) is 0 Å². The molecule has 3 nitrogen and oxygen atoms in total. The van der Waals surface area contributed by atoms with E-state index in [2.05, 4.69) is 10.3 Å². The first-order chi connectivity index (χ1) is 10.1. The van der Waals surface area contributed by atoms with E-state index in [9.17, 15) is 4.79 Å². The molecule has 0 spiro atoms. The van der Waals surface area contributed by atoms with Gasteiger partial charge in [-0.25, -0.2) is 0 Å². The summed E-state index contributed by atoms with van der Waals surface area (Å²) in [5, 5.41) is 4.90.